The summed E-state index contributed by atoms with van der Waals surface area (Å²) in [6.45, 7) is 13.6. The summed E-state index contributed by atoms with van der Waals surface area (Å²) in [6.07, 6.45) is 4.72. The smallest absolute Gasteiger partial charge is 0.326 e. The van der Waals surface area contributed by atoms with Crippen molar-refractivity contribution in [1.29, 1.82) is 0 Å². The van der Waals surface area contributed by atoms with Crippen LogP contribution in [0.5, 0.6) is 0 Å². The predicted molar refractivity (Wildman–Crippen MR) is 248 cm³/mol. The van der Waals surface area contributed by atoms with Crippen LogP contribution in [0.15, 0.2) is 42.5 Å². The largest absolute Gasteiger partial charge is 0.480 e. The van der Waals surface area contributed by atoms with Crippen molar-refractivity contribution in [2.24, 2.45) is 23.7 Å². The number of hydrogen-bond acceptors (Lipinski definition) is 10. The Kier molecular flexibility index (Phi) is 21.9. The van der Waals surface area contributed by atoms with Crippen LogP contribution < -0.4 is 10.6 Å². The summed E-state index contributed by atoms with van der Waals surface area (Å²) in [5.41, 5.74) is 0.762. The van der Waals surface area contributed by atoms with Crippen LogP contribution in [0.3, 0.4) is 0 Å². The van der Waals surface area contributed by atoms with Crippen LogP contribution in [-0.2, 0) is 54.3 Å². The first-order valence-electron chi connectivity index (χ1n) is 23.5. The average molecular weight is 925 g/mol. The van der Waals surface area contributed by atoms with Gasteiger partial charge in [-0.3, -0.25) is 38.5 Å². The van der Waals surface area contributed by atoms with E-state index < -0.39 is 66.1 Å². The second-order valence-corrected chi connectivity index (χ2v) is 18.6. The van der Waals surface area contributed by atoms with Gasteiger partial charge in [0.2, 0.25) is 29.5 Å². The fourth-order valence-electron chi connectivity index (χ4n) is 9.26. The van der Waals surface area contributed by atoms with E-state index in [4.69, 9.17) is 9.47 Å². The van der Waals surface area contributed by atoms with Crippen molar-refractivity contribution in [3.63, 3.8) is 0 Å². The minimum Gasteiger partial charge on any atom is -0.480 e. The molecular weight excluding hydrogens is 849 g/mol. The van der Waals surface area contributed by atoms with Gasteiger partial charge >= 0.3 is 5.97 Å². The van der Waals surface area contributed by atoms with Crippen LogP contribution in [0.25, 0.3) is 0 Å². The number of ether oxygens (including phenoxy) is 2. The van der Waals surface area contributed by atoms with E-state index >= 15 is 0 Å². The van der Waals surface area contributed by atoms with Crippen LogP contribution in [0.1, 0.15) is 105 Å². The summed E-state index contributed by atoms with van der Waals surface area (Å²) in [6, 6.07) is 4.97. The maximum atomic E-state index is 14.6. The number of nitrogens with one attached hydrogen (secondary N) is 2. The molecule has 9 atom stereocenters. The first-order valence-corrected chi connectivity index (χ1v) is 23.5. The zero-order valence-corrected chi connectivity index (χ0v) is 41.0. The number of likely N-dealkylation sites (tertiary alicyclic amines) is 1. The van der Waals surface area contributed by atoms with Gasteiger partial charge in [-0.05, 0) is 49.0 Å². The third kappa shape index (κ3) is 14.7. The minimum atomic E-state index is -1.16. The number of aliphatic carboxylic acids is 1. The molecule has 1 aromatic carbocycles. The second kappa shape index (κ2) is 26.2. The summed E-state index contributed by atoms with van der Waals surface area (Å²) < 4.78 is 11.9. The number of nitrogens with zero attached hydrogens (tertiary/aromatic N) is 4. The summed E-state index contributed by atoms with van der Waals surface area (Å²) in [7, 11) is 6.21. The van der Waals surface area contributed by atoms with Crippen molar-refractivity contribution in [2.45, 2.75) is 149 Å². The summed E-state index contributed by atoms with van der Waals surface area (Å²) in [4.78, 5) is 112. The molecule has 0 spiro atoms. The van der Waals surface area contributed by atoms with Gasteiger partial charge in [-0.25, -0.2) is 4.79 Å². The molecule has 0 radical (unpaired) electrons. The highest BCUT2D eigenvalue weighted by Gasteiger charge is 2.44. The standard InChI is InChI=1S/C49H76N6O11/c1-12-32(6)44(37(65-10)29-41(59)54-27-19-22-36(54)45(66-11)33(7)46(60)50-35(49(63)64)28-34-20-15-13-16-21-34)53(9)48(62)42(30(2)3)51-47(61)43(31(4)5)52(8)38(56)23-17-14-18-26-55-39(57)24-25-40(55)58/h13,15-16,20-21,24-25,30-33,35-37,42-45H,12,14,17-19,22-23,26-29H2,1-11H3,(H,50,60)(H,51,61)(H,63,64)/t32-,33?,35?,36+,37-,42+,43?,44-,45+/m1/s1. The van der Waals surface area contributed by atoms with Gasteiger partial charge in [0.1, 0.15) is 18.1 Å². The fourth-order valence-corrected chi connectivity index (χ4v) is 9.26. The molecule has 2 heterocycles. The van der Waals surface area contributed by atoms with Crippen molar-refractivity contribution < 1.29 is 52.9 Å². The molecule has 3 rings (SSSR count). The Balaban J connectivity index is 1.71. The highest BCUT2D eigenvalue weighted by Crippen LogP contribution is 2.30. The number of amides is 7. The van der Waals surface area contributed by atoms with E-state index in [1.54, 1.807) is 55.1 Å². The normalized spacial score (nSPS) is 18.7. The van der Waals surface area contributed by atoms with Gasteiger partial charge in [0.15, 0.2) is 0 Å². The van der Waals surface area contributed by atoms with Gasteiger partial charge in [-0.15, -0.1) is 0 Å². The zero-order valence-electron chi connectivity index (χ0n) is 41.0. The Morgan fingerprint density at radius 1 is 0.833 bits per heavy atom. The predicted octanol–water partition coefficient (Wildman–Crippen LogP) is 3.83. The summed E-state index contributed by atoms with van der Waals surface area (Å²) in [5.74, 6) is -5.24. The van der Waals surface area contributed by atoms with E-state index in [9.17, 15) is 43.5 Å². The summed E-state index contributed by atoms with van der Waals surface area (Å²) in [5, 5.41) is 15.6. The average Bonchev–Trinajstić information content (AvgIpc) is 3.89. The lowest BCUT2D eigenvalue weighted by atomic mass is 9.89. The lowest BCUT2D eigenvalue weighted by molar-refractivity contribution is -0.149. The van der Waals surface area contributed by atoms with E-state index in [-0.39, 0.29) is 73.1 Å². The Labute approximate surface area is 391 Å². The molecule has 17 heteroatoms. The SMILES string of the molecule is CC[C@@H](C)[C@H]([C@@H](CC(=O)N1CCC[C@H]1[C@@H](OC)C(C)C(=O)NC(Cc1ccccc1)C(=O)O)OC)N(C)C(=O)[C@@H](NC(=O)C(C(C)C)N(C)C(=O)CCCCCN1C(=O)C=CC1=O)C(C)C. The molecule has 17 nitrogen and oxygen atoms in total. The van der Waals surface area contributed by atoms with Crippen molar-refractivity contribution in [3.05, 3.63) is 48.0 Å². The van der Waals surface area contributed by atoms with Gasteiger partial charge in [0, 0.05) is 66.4 Å². The number of rotatable bonds is 27. The quantitative estimate of drug-likeness (QED) is 0.0853. The molecule has 3 N–H and O–H groups in total. The molecule has 7 amide bonds. The number of carboxylic acids is 1. The van der Waals surface area contributed by atoms with E-state index in [2.05, 4.69) is 10.6 Å². The molecular formula is C49H76N6O11. The third-order valence-corrected chi connectivity index (χ3v) is 13.3. The second-order valence-electron chi connectivity index (χ2n) is 18.6. The van der Waals surface area contributed by atoms with Crippen molar-refractivity contribution in [3.8, 4) is 0 Å². The van der Waals surface area contributed by atoms with Crippen molar-refractivity contribution in [1.82, 2.24) is 30.2 Å². The molecule has 1 saturated heterocycles. The highest BCUT2D eigenvalue weighted by molar-refractivity contribution is 6.12. The molecule has 2 aliphatic heterocycles. The van der Waals surface area contributed by atoms with E-state index in [0.717, 1.165) is 5.56 Å². The monoisotopic (exact) mass is 925 g/mol. The van der Waals surface area contributed by atoms with Gasteiger partial charge in [0.05, 0.1) is 36.6 Å². The van der Waals surface area contributed by atoms with E-state index in [1.807, 2.05) is 47.6 Å². The number of likely N-dealkylation sites (N-methyl/N-ethyl adjacent to an activating group) is 2. The van der Waals surface area contributed by atoms with Crippen LogP contribution in [0.4, 0.5) is 0 Å². The lowest BCUT2D eigenvalue weighted by Gasteiger charge is -2.41. The van der Waals surface area contributed by atoms with Crippen LogP contribution in [0.2, 0.25) is 0 Å². The van der Waals surface area contributed by atoms with Gasteiger partial charge in [-0.1, -0.05) is 91.6 Å². The molecule has 1 aromatic rings. The maximum absolute atomic E-state index is 14.6. The molecule has 0 bridgehead atoms. The number of unbranched alkanes of at least 4 members (excludes halogenated alkanes) is 2. The van der Waals surface area contributed by atoms with Gasteiger partial charge < -0.3 is 39.9 Å². The molecule has 0 saturated carbocycles. The third-order valence-electron chi connectivity index (χ3n) is 13.3. The van der Waals surface area contributed by atoms with Gasteiger partial charge in [-0.2, -0.15) is 0 Å². The fraction of sp³-hybridized carbons (Fsp3) is 0.673. The Bertz CT molecular complexity index is 1840. The summed E-state index contributed by atoms with van der Waals surface area (Å²) >= 11 is 0. The van der Waals surface area contributed by atoms with Crippen molar-refractivity contribution in [2.75, 3.05) is 41.4 Å². The lowest BCUT2D eigenvalue weighted by Crippen LogP contribution is -2.60. The Morgan fingerprint density at radius 3 is 2.02 bits per heavy atom. The number of carboxylic acid groups (broad SMARTS) is 1. The van der Waals surface area contributed by atoms with E-state index in [1.165, 1.54) is 36.2 Å². The van der Waals surface area contributed by atoms with Crippen molar-refractivity contribution >= 4 is 47.3 Å². The molecule has 0 aromatic heterocycles. The van der Waals surface area contributed by atoms with Gasteiger partial charge in [0.25, 0.3) is 11.8 Å². The minimum absolute atomic E-state index is 0.0818. The first-order chi connectivity index (χ1) is 31.2. The number of carbonyl (C=O) groups excluding carboxylic acids is 7. The zero-order chi connectivity index (χ0) is 49.4. The number of benzene rings is 1. The molecule has 2 aliphatic rings. The molecule has 368 valence electrons. The highest BCUT2D eigenvalue weighted by atomic mass is 16.5. The number of carbonyl (C=O) groups is 8. The van der Waals surface area contributed by atoms with Crippen LogP contribution in [-0.4, -0.2) is 156 Å². The molecule has 1 fully saturated rings. The molecule has 0 aliphatic carbocycles. The maximum Gasteiger partial charge on any atom is 0.326 e. The molecule has 66 heavy (non-hydrogen) atoms. The van der Waals surface area contributed by atoms with Crippen LogP contribution >= 0.6 is 0 Å². The first kappa shape index (κ1) is 55.2. The molecule has 3 unspecified atom stereocenters. The number of hydrogen-bond donors (Lipinski definition) is 3. The Morgan fingerprint density at radius 2 is 1.47 bits per heavy atom. The number of imide groups is 1. The Hall–Kier alpha value is -5.16. The number of methoxy groups -OCH3 is 2. The van der Waals surface area contributed by atoms with Crippen LogP contribution in [0, 0.1) is 23.7 Å². The van der Waals surface area contributed by atoms with E-state index in [0.29, 0.717) is 45.1 Å². The topological polar surface area (TPSA) is 212 Å².